The second kappa shape index (κ2) is 10.7. The van der Waals surface area contributed by atoms with Crippen molar-refractivity contribution in [2.45, 2.75) is 13.2 Å². The summed E-state index contributed by atoms with van der Waals surface area (Å²) in [6.45, 7) is 0.683. The van der Waals surface area contributed by atoms with E-state index in [1.807, 2.05) is 36.4 Å². The van der Waals surface area contributed by atoms with Crippen LogP contribution in [0.15, 0.2) is 74.5 Å². The van der Waals surface area contributed by atoms with E-state index in [-0.39, 0.29) is 11.7 Å². The van der Waals surface area contributed by atoms with Crippen molar-refractivity contribution in [2.24, 2.45) is 0 Å². The number of carbonyl (C=O) groups excluding carboxylic acids is 1. The molecule has 0 spiro atoms. The molecule has 4 rings (SSSR count). The Balaban J connectivity index is 1.49. The molecule has 1 aliphatic heterocycles. The lowest BCUT2D eigenvalue weighted by molar-refractivity contribution is -0.122. The zero-order valence-electron chi connectivity index (χ0n) is 16.9. The van der Waals surface area contributed by atoms with Gasteiger partial charge in [0.2, 0.25) is 0 Å². The first-order valence-electron chi connectivity index (χ1n) is 9.66. The van der Waals surface area contributed by atoms with Gasteiger partial charge in [-0.05, 0) is 91.0 Å². The van der Waals surface area contributed by atoms with Crippen molar-refractivity contribution in [1.29, 1.82) is 0 Å². The van der Waals surface area contributed by atoms with Crippen LogP contribution in [0, 0.1) is 5.82 Å². The highest BCUT2D eigenvalue weighted by Gasteiger charge is 2.32. The first kappa shape index (κ1) is 24.4. The average molecular weight is 628 g/mol. The number of halogens is 4. The highest BCUT2D eigenvalue weighted by atomic mass is 79.9. The summed E-state index contributed by atoms with van der Waals surface area (Å²) in [5.74, 6) is 0.163. The maximum Gasteiger partial charge on any atom is 0.266 e. The Morgan fingerprint density at radius 2 is 1.64 bits per heavy atom. The molecule has 1 fully saturated rings. The van der Waals surface area contributed by atoms with Gasteiger partial charge in [-0.1, -0.05) is 59.8 Å². The van der Waals surface area contributed by atoms with Crippen LogP contribution in [0.5, 0.6) is 5.75 Å². The number of ether oxygens (including phenoxy) is 1. The van der Waals surface area contributed by atoms with Crippen LogP contribution < -0.4 is 4.74 Å². The molecule has 3 aromatic carbocycles. The van der Waals surface area contributed by atoms with E-state index in [1.165, 1.54) is 28.8 Å². The third-order valence-electron chi connectivity index (χ3n) is 4.74. The highest BCUT2D eigenvalue weighted by molar-refractivity contribution is 9.11. The van der Waals surface area contributed by atoms with Crippen LogP contribution in [0.3, 0.4) is 0 Å². The van der Waals surface area contributed by atoms with Crippen LogP contribution in [0.25, 0.3) is 6.08 Å². The van der Waals surface area contributed by atoms with Gasteiger partial charge < -0.3 is 4.74 Å². The van der Waals surface area contributed by atoms with Gasteiger partial charge in [-0.15, -0.1) is 0 Å². The third-order valence-corrected chi connectivity index (χ3v) is 7.55. The molecule has 0 N–H and O–H groups in total. The summed E-state index contributed by atoms with van der Waals surface area (Å²) in [5, 5.41) is 0.675. The van der Waals surface area contributed by atoms with Gasteiger partial charge in [0.05, 0.1) is 20.4 Å². The molecule has 1 amide bonds. The van der Waals surface area contributed by atoms with E-state index in [4.69, 9.17) is 28.6 Å². The fourth-order valence-electron chi connectivity index (χ4n) is 3.10. The summed E-state index contributed by atoms with van der Waals surface area (Å²) in [6, 6.07) is 17.3. The molecule has 168 valence electrons. The monoisotopic (exact) mass is 625 g/mol. The predicted molar refractivity (Wildman–Crippen MR) is 143 cm³/mol. The average Bonchev–Trinajstić information content (AvgIpc) is 3.03. The minimum atomic E-state index is -0.319. The van der Waals surface area contributed by atoms with E-state index in [1.54, 1.807) is 18.2 Å². The van der Waals surface area contributed by atoms with E-state index < -0.39 is 0 Å². The summed E-state index contributed by atoms with van der Waals surface area (Å²) >= 11 is 19.7. The molecule has 0 bridgehead atoms. The lowest BCUT2D eigenvalue weighted by atomic mass is 10.2. The summed E-state index contributed by atoms with van der Waals surface area (Å²) < 4.78 is 21.1. The number of thiocarbonyl (C=S) groups is 1. The Hall–Kier alpha value is -1.71. The fourth-order valence-corrected chi connectivity index (χ4v) is 5.93. The van der Waals surface area contributed by atoms with Gasteiger partial charge in [-0.25, -0.2) is 4.39 Å². The molecule has 0 aliphatic carbocycles. The molecular weight excluding hydrogens is 613 g/mol. The minimum absolute atomic E-state index is 0.176. The Kier molecular flexibility index (Phi) is 7.91. The smallest absolute Gasteiger partial charge is 0.266 e. The van der Waals surface area contributed by atoms with E-state index >= 15 is 0 Å². The van der Waals surface area contributed by atoms with E-state index in [2.05, 4.69) is 31.9 Å². The third kappa shape index (κ3) is 6.05. The van der Waals surface area contributed by atoms with Gasteiger partial charge in [-0.3, -0.25) is 9.69 Å². The van der Waals surface area contributed by atoms with Crippen LogP contribution >= 0.6 is 67.4 Å². The molecule has 3 aromatic rings. The number of hydrogen-bond donors (Lipinski definition) is 0. The Bertz CT molecular complexity index is 1230. The Morgan fingerprint density at radius 1 is 1.03 bits per heavy atom. The van der Waals surface area contributed by atoms with Gasteiger partial charge >= 0.3 is 0 Å². The first-order valence-corrected chi connectivity index (χ1v) is 12.8. The number of carbonyl (C=O) groups is 1. The lowest BCUT2D eigenvalue weighted by Gasteiger charge is -2.14. The van der Waals surface area contributed by atoms with Crippen molar-refractivity contribution < 1.29 is 13.9 Å². The molecule has 0 radical (unpaired) electrons. The van der Waals surface area contributed by atoms with Crippen molar-refractivity contribution in [1.82, 2.24) is 4.90 Å². The maximum absolute atomic E-state index is 13.2. The number of benzene rings is 3. The standard InChI is InChI=1S/C24H15Br2ClFNO2S2/c25-19-9-16(10-20(26)22(19)31-13-15-1-5-17(27)6-2-15)11-21-23(30)29(24(32)33-21)12-14-3-7-18(28)8-4-14/h1-11H,12-13H2. The lowest BCUT2D eigenvalue weighted by Crippen LogP contribution is -2.27. The van der Waals surface area contributed by atoms with Crippen molar-refractivity contribution >= 4 is 83.7 Å². The van der Waals surface area contributed by atoms with Crippen LogP contribution in [0.4, 0.5) is 4.39 Å². The fraction of sp³-hybridized carbons (Fsp3) is 0.0833. The van der Waals surface area contributed by atoms with Gasteiger partial charge in [-0.2, -0.15) is 0 Å². The van der Waals surface area contributed by atoms with E-state index in [0.717, 1.165) is 25.6 Å². The van der Waals surface area contributed by atoms with Crippen molar-refractivity contribution in [3.8, 4) is 5.75 Å². The molecule has 0 saturated carbocycles. The van der Waals surface area contributed by atoms with Crippen LogP contribution in [-0.2, 0) is 17.9 Å². The minimum Gasteiger partial charge on any atom is -0.487 e. The maximum atomic E-state index is 13.2. The number of rotatable bonds is 6. The number of hydrogen-bond acceptors (Lipinski definition) is 4. The van der Waals surface area contributed by atoms with Crippen molar-refractivity contribution in [2.75, 3.05) is 0 Å². The second-order valence-corrected chi connectivity index (χ2v) is 10.9. The number of amides is 1. The molecule has 1 heterocycles. The molecule has 0 unspecified atom stereocenters. The van der Waals surface area contributed by atoms with Gasteiger partial charge in [0.15, 0.2) is 0 Å². The normalized spacial score (nSPS) is 14.9. The van der Waals surface area contributed by atoms with Crippen LogP contribution in [0.1, 0.15) is 16.7 Å². The molecule has 1 aliphatic rings. The van der Waals surface area contributed by atoms with E-state index in [0.29, 0.717) is 33.1 Å². The molecule has 9 heteroatoms. The summed E-state index contributed by atoms with van der Waals surface area (Å²) in [6.07, 6.45) is 1.79. The zero-order valence-corrected chi connectivity index (χ0v) is 22.4. The molecule has 0 aromatic heterocycles. The van der Waals surface area contributed by atoms with E-state index in [9.17, 15) is 9.18 Å². The Labute approximate surface area is 222 Å². The van der Waals surface area contributed by atoms with Gasteiger partial charge in [0.1, 0.15) is 22.5 Å². The predicted octanol–water partition coefficient (Wildman–Crippen LogP) is 7.98. The van der Waals surface area contributed by atoms with Gasteiger partial charge in [0, 0.05) is 5.02 Å². The highest BCUT2D eigenvalue weighted by Crippen LogP contribution is 2.38. The second-order valence-electron chi connectivity index (χ2n) is 7.12. The van der Waals surface area contributed by atoms with Crippen molar-refractivity contribution in [3.05, 3.63) is 102 Å². The largest absolute Gasteiger partial charge is 0.487 e. The zero-order chi connectivity index (χ0) is 23.5. The molecule has 3 nitrogen and oxygen atoms in total. The summed E-state index contributed by atoms with van der Waals surface area (Å²) in [4.78, 5) is 15.0. The molecule has 1 saturated heterocycles. The van der Waals surface area contributed by atoms with Gasteiger partial charge in [0.25, 0.3) is 5.91 Å². The van der Waals surface area contributed by atoms with Crippen LogP contribution in [0.2, 0.25) is 5.02 Å². The summed E-state index contributed by atoms with van der Waals surface area (Å²) in [7, 11) is 0. The molecular formula is C24H15Br2ClFNO2S2. The van der Waals surface area contributed by atoms with Crippen molar-refractivity contribution in [3.63, 3.8) is 0 Å². The molecule has 33 heavy (non-hydrogen) atoms. The van der Waals surface area contributed by atoms with Crippen LogP contribution in [-0.4, -0.2) is 15.1 Å². The quantitative estimate of drug-likeness (QED) is 0.205. The number of thioether (sulfide) groups is 1. The summed E-state index contributed by atoms with van der Waals surface area (Å²) in [5.41, 5.74) is 2.61. The first-order chi connectivity index (χ1) is 15.8. The Morgan fingerprint density at radius 3 is 2.27 bits per heavy atom. The topological polar surface area (TPSA) is 29.5 Å². The number of nitrogens with zero attached hydrogens (tertiary/aromatic N) is 1. The SMILES string of the molecule is O=C1C(=Cc2cc(Br)c(OCc3ccc(Cl)cc3)c(Br)c2)SC(=S)N1Cc1ccc(F)cc1. The molecule has 0 atom stereocenters.